The summed E-state index contributed by atoms with van der Waals surface area (Å²) >= 11 is 0. The first-order valence-electron chi connectivity index (χ1n) is 10.8. The van der Waals surface area contributed by atoms with E-state index in [1.165, 1.54) is 66.9 Å². The van der Waals surface area contributed by atoms with E-state index in [-0.39, 0.29) is 33.3 Å². The summed E-state index contributed by atoms with van der Waals surface area (Å²) in [5, 5.41) is 13.6. The molecule has 4 rings (SSSR count). The van der Waals surface area contributed by atoms with Crippen LogP contribution in [-0.2, 0) is 26.6 Å². The Balaban J connectivity index is 1.48. The van der Waals surface area contributed by atoms with E-state index in [4.69, 9.17) is 4.42 Å². The lowest BCUT2D eigenvalue weighted by Gasteiger charge is -2.13. The molecule has 0 radical (unpaired) electrons. The highest BCUT2D eigenvalue weighted by Crippen LogP contribution is 2.24. The Labute approximate surface area is 217 Å². The zero-order valence-electron chi connectivity index (χ0n) is 19.4. The number of amides is 1. The number of furan rings is 1. The molecular weight excluding hydrogens is 536 g/mol. The summed E-state index contributed by atoms with van der Waals surface area (Å²) in [4.78, 5) is 22.9. The van der Waals surface area contributed by atoms with Gasteiger partial charge in [-0.05, 0) is 54.6 Å². The molecule has 3 N–H and O–H groups in total. The minimum atomic E-state index is -4.26. The smallest absolute Gasteiger partial charge is 0.270 e. The van der Waals surface area contributed by atoms with Gasteiger partial charge in [-0.25, -0.2) is 21.6 Å². The first kappa shape index (κ1) is 26.5. The number of carbonyl (C=O) groups excluding carboxylic acids is 1. The third kappa shape index (κ3) is 6.23. The topological polar surface area (TPSA) is 178 Å². The van der Waals surface area contributed by atoms with Gasteiger partial charge in [0.1, 0.15) is 5.76 Å². The number of nitro groups is 1. The third-order valence-corrected chi connectivity index (χ3v) is 7.97. The first-order valence-corrected chi connectivity index (χ1v) is 13.8. The van der Waals surface area contributed by atoms with Crippen molar-refractivity contribution in [3.63, 3.8) is 0 Å². The maximum atomic E-state index is 12.9. The number of nitro benzene ring substituents is 1. The van der Waals surface area contributed by atoms with Crippen LogP contribution >= 0.6 is 0 Å². The fourth-order valence-corrected chi connectivity index (χ4v) is 5.43. The molecule has 0 bridgehead atoms. The molecule has 38 heavy (non-hydrogen) atoms. The number of para-hydroxylation sites is 1. The number of carbonyl (C=O) groups is 1. The van der Waals surface area contributed by atoms with Crippen LogP contribution in [0.2, 0.25) is 0 Å². The first-order chi connectivity index (χ1) is 18.0. The summed E-state index contributed by atoms with van der Waals surface area (Å²) < 4.78 is 60.4. The number of non-ortho nitro benzene ring substituents is 1. The molecule has 1 amide bonds. The molecule has 4 aromatic rings. The monoisotopic (exact) mass is 556 g/mol. The Morgan fingerprint density at radius 2 is 1.58 bits per heavy atom. The van der Waals surface area contributed by atoms with Crippen molar-refractivity contribution < 1.29 is 31.0 Å². The number of anilines is 2. The fraction of sp³-hybridized carbons (Fsp3) is 0.0417. The SMILES string of the molecule is O=C(Nc1ccc(S(=O)(=O)NCc2ccco2)cc1)c1ccccc1NS(=O)(=O)c1cccc([N+](=O)[O-])c1. The molecule has 12 nitrogen and oxygen atoms in total. The van der Waals surface area contributed by atoms with Gasteiger partial charge in [0.25, 0.3) is 21.6 Å². The zero-order chi connectivity index (χ0) is 27.3. The number of benzene rings is 3. The molecule has 0 atom stereocenters. The Kier molecular flexibility index (Phi) is 7.57. The maximum absolute atomic E-state index is 12.9. The van der Waals surface area contributed by atoms with E-state index in [1.807, 2.05) is 0 Å². The standard InChI is InChI=1S/C24H20N4O8S2/c29-24(26-17-10-12-20(13-11-17)37(32,33)25-16-19-6-4-14-36-19)22-8-1-2-9-23(22)27-38(34,35)21-7-3-5-18(15-21)28(30)31/h1-15,25,27H,16H2,(H,26,29). The Morgan fingerprint density at radius 1 is 0.842 bits per heavy atom. The van der Waals surface area contributed by atoms with Gasteiger partial charge in [0.05, 0.1) is 38.8 Å². The van der Waals surface area contributed by atoms with Crippen LogP contribution in [0.1, 0.15) is 16.1 Å². The minimum Gasteiger partial charge on any atom is -0.468 e. The van der Waals surface area contributed by atoms with Gasteiger partial charge < -0.3 is 9.73 Å². The number of nitrogens with one attached hydrogen (secondary N) is 3. The second-order valence-corrected chi connectivity index (χ2v) is 11.2. The zero-order valence-corrected chi connectivity index (χ0v) is 21.0. The molecule has 0 aliphatic carbocycles. The van der Waals surface area contributed by atoms with Crippen LogP contribution < -0.4 is 14.8 Å². The molecule has 1 heterocycles. The minimum absolute atomic E-state index is 0.0293. The van der Waals surface area contributed by atoms with Gasteiger partial charge in [0.2, 0.25) is 10.0 Å². The molecule has 0 saturated carbocycles. The van der Waals surface area contributed by atoms with Gasteiger partial charge in [0.15, 0.2) is 0 Å². The molecule has 0 unspecified atom stereocenters. The largest absolute Gasteiger partial charge is 0.468 e. The van der Waals surface area contributed by atoms with Crippen LogP contribution in [0.3, 0.4) is 0 Å². The molecule has 0 fully saturated rings. The fourth-order valence-electron chi connectivity index (χ4n) is 3.32. The molecule has 14 heteroatoms. The van der Waals surface area contributed by atoms with E-state index in [0.29, 0.717) is 5.76 Å². The van der Waals surface area contributed by atoms with Gasteiger partial charge in [-0.1, -0.05) is 18.2 Å². The summed E-state index contributed by atoms with van der Waals surface area (Å²) in [5.41, 5.74) is -0.229. The van der Waals surface area contributed by atoms with Crippen LogP contribution in [0.15, 0.2) is 105 Å². The molecular formula is C24H20N4O8S2. The van der Waals surface area contributed by atoms with Gasteiger partial charge in [-0.2, -0.15) is 0 Å². The van der Waals surface area contributed by atoms with Crippen molar-refractivity contribution in [3.05, 3.63) is 113 Å². The van der Waals surface area contributed by atoms with E-state index in [2.05, 4.69) is 14.8 Å². The predicted molar refractivity (Wildman–Crippen MR) is 137 cm³/mol. The van der Waals surface area contributed by atoms with Crippen molar-refractivity contribution >= 4 is 43.0 Å². The Bertz CT molecular complexity index is 1690. The number of nitrogens with zero attached hydrogens (tertiary/aromatic N) is 1. The second kappa shape index (κ2) is 10.8. The number of hydrogen-bond donors (Lipinski definition) is 3. The highest BCUT2D eigenvalue weighted by Gasteiger charge is 2.21. The van der Waals surface area contributed by atoms with Crippen molar-refractivity contribution in [1.82, 2.24) is 4.72 Å². The molecule has 196 valence electrons. The molecule has 0 aliphatic heterocycles. The maximum Gasteiger partial charge on any atom is 0.270 e. The lowest BCUT2D eigenvalue weighted by Crippen LogP contribution is -2.23. The second-order valence-electron chi connectivity index (χ2n) is 7.79. The van der Waals surface area contributed by atoms with Crippen molar-refractivity contribution in [1.29, 1.82) is 0 Å². The van der Waals surface area contributed by atoms with E-state index in [9.17, 15) is 31.7 Å². The number of hydrogen-bond acceptors (Lipinski definition) is 8. The Morgan fingerprint density at radius 3 is 2.26 bits per heavy atom. The highest BCUT2D eigenvalue weighted by molar-refractivity contribution is 7.92. The quantitative estimate of drug-likeness (QED) is 0.195. The lowest BCUT2D eigenvalue weighted by atomic mass is 10.1. The summed E-state index contributed by atoms with van der Waals surface area (Å²) in [6, 6.07) is 18.9. The van der Waals surface area contributed by atoms with Crippen molar-refractivity contribution in [3.8, 4) is 0 Å². The summed E-state index contributed by atoms with van der Waals surface area (Å²) in [7, 11) is -8.09. The number of sulfonamides is 2. The van der Waals surface area contributed by atoms with Gasteiger partial charge in [-0.15, -0.1) is 0 Å². The van der Waals surface area contributed by atoms with Crippen LogP contribution in [0.4, 0.5) is 17.1 Å². The normalized spacial score (nSPS) is 11.6. The van der Waals surface area contributed by atoms with E-state index < -0.39 is 36.6 Å². The van der Waals surface area contributed by atoms with Crippen LogP contribution in [-0.4, -0.2) is 27.7 Å². The molecule has 1 aromatic heterocycles. The predicted octanol–water partition coefficient (Wildman–Crippen LogP) is 3.72. The molecule has 3 aromatic carbocycles. The Hall–Kier alpha value is -4.53. The summed E-state index contributed by atoms with van der Waals surface area (Å²) in [6.45, 7) is -0.0309. The van der Waals surface area contributed by atoms with Crippen LogP contribution in [0.25, 0.3) is 0 Å². The van der Waals surface area contributed by atoms with E-state index >= 15 is 0 Å². The van der Waals surface area contributed by atoms with E-state index in [0.717, 1.165) is 12.1 Å². The van der Waals surface area contributed by atoms with Crippen molar-refractivity contribution in [2.24, 2.45) is 0 Å². The molecule has 0 saturated heterocycles. The average molecular weight is 557 g/mol. The molecule has 0 aliphatic rings. The van der Waals surface area contributed by atoms with Crippen molar-refractivity contribution in [2.45, 2.75) is 16.3 Å². The summed E-state index contributed by atoms with van der Waals surface area (Å²) in [5.74, 6) is -0.230. The van der Waals surface area contributed by atoms with Crippen molar-refractivity contribution in [2.75, 3.05) is 10.0 Å². The highest BCUT2D eigenvalue weighted by atomic mass is 32.2. The number of rotatable bonds is 10. The molecule has 0 spiro atoms. The van der Waals surface area contributed by atoms with Crippen LogP contribution in [0, 0.1) is 10.1 Å². The van der Waals surface area contributed by atoms with E-state index in [1.54, 1.807) is 12.1 Å². The average Bonchev–Trinajstić information content (AvgIpc) is 3.42. The third-order valence-electron chi connectivity index (χ3n) is 5.19. The van der Waals surface area contributed by atoms with Crippen LogP contribution in [0.5, 0.6) is 0 Å². The lowest BCUT2D eigenvalue weighted by molar-refractivity contribution is -0.385. The van der Waals surface area contributed by atoms with Gasteiger partial charge in [0, 0.05) is 17.8 Å². The van der Waals surface area contributed by atoms with Gasteiger partial charge >= 0.3 is 0 Å². The summed E-state index contributed by atoms with van der Waals surface area (Å²) in [6.07, 6.45) is 1.43. The van der Waals surface area contributed by atoms with Gasteiger partial charge in [-0.3, -0.25) is 19.6 Å².